The van der Waals surface area contributed by atoms with E-state index in [0.29, 0.717) is 33.3 Å². The van der Waals surface area contributed by atoms with Crippen molar-refractivity contribution >= 4 is 63.6 Å². The second-order valence-corrected chi connectivity index (χ2v) is 14.6. The van der Waals surface area contributed by atoms with Crippen LogP contribution >= 0.6 is 23.1 Å². The van der Waals surface area contributed by atoms with E-state index >= 15 is 0 Å². The fourth-order valence-electron chi connectivity index (χ4n) is 5.65. The molecular formula is C40H37N3O6S2. The summed E-state index contributed by atoms with van der Waals surface area (Å²) < 4.78 is 11.1. The first kappa shape index (κ1) is 35.4. The number of hydrogen-bond donors (Lipinski definition) is 3. The molecule has 1 aliphatic rings. The van der Waals surface area contributed by atoms with Gasteiger partial charge in [-0.3, -0.25) is 14.4 Å². The summed E-state index contributed by atoms with van der Waals surface area (Å²) in [7, 11) is 1.35. The monoisotopic (exact) mass is 719 g/mol. The van der Waals surface area contributed by atoms with Crippen LogP contribution in [0.2, 0.25) is 0 Å². The fourth-order valence-corrected chi connectivity index (χ4v) is 7.79. The summed E-state index contributed by atoms with van der Waals surface area (Å²) in [6, 6.07) is 27.1. The molecule has 3 amide bonds. The lowest BCUT2D eigenvalue weighted by molar-refractivity contribution is -0.115. The van der Waals surface area contributed by atoms with Gasteiger partial charge in [0.2, 0.25) is 5.91 Å². The van der Waals surface area contributed by atoms with E-state index < -0.39 is 23.0 Å². The molecule has 0 unspecified atom stereocenters. The van der Waals surface area contributed by atoms with Crippen LogP contribution in [0, 0.1) is 6.92 Å². The van der Waals surface area contributed by atoms with Crippen LogP contribution in [0.15, 0.2) is 106 Å². The number of rotatable bonds is 11. The van der Waals surface area contributed by atoms with Crippen molar-refractivity contribution < 1.29 is 28.3 Å². The lowest BCUT2D eigenvalue weighted by atomic mass is 9.95. The number of aryl methyl sites for hydroxylation is 2. The zero-order valence-corrected chi connectivity index (χ0v) is 30.0. The van der Waals surface area contributed by atoms with E-state index in [9.17, 15) is 19.2 Å². The number of benzene rings is 3. The molecule has 5 aromatic rings. The summed E-state index contributed by atoms with van der Waals surface area (Å²) in [5, 5.41) is 8.61. The van der Waals surface area contributed by atoms with Crippen LogP contribution in [0.1, 0.15) is 62.2 Å². The highest BCUT2D eigenvalue weighted by molar-refractivity contribution is 8.00. The number of anilines is 2. The summed E-state index contributed by atoms with van der Waals surface area (Å²) in [5.74, 6) is -0.622. The van der Waals surface area contributed by atoms with Crippen molar-refractivity contribution in [3.05, 3.63) is 130 Å². The number of amides is 3. The maximum atomic E-state index is 13.6. The first-order valence-corrected chi connectivity index (χ1v) is 18.2. The van der Waals surface area contributed by atoms with Crippen molar-refractivity contribution in [2.75, 3.05) is 17.7 Å². The SMILES string of the molecule is COC(=O)c1c(NC(=O)[C@H](C)Sc2ccc(NC(=O)/C(=C/c3ccc(-c4ccc(C)cc4)o3)NC(=O)c3ccccc3)cc2)sc2c1CCCC2. The van der Waals surface area contributed by atoms with E-state index in [1.54, 1.807) is 61.5 Å². The largest absolute Gasteiger partial charge is 0.465 e. The third-order valence-electron chi connectivity index (χ3n) is 8.37. The summed E-state index contributed by atoms with van der Waals surface area (Å²) >= 11 is 2.80. The van der Waals surface area contributed by atoms with E-state index in [-0.39, 0.29) is 11.6 Å². The lowest BCUT2D eigenvalue weighted by Gasteiger charge is -2.14. The summed E-state index contributed by atoms with van der Waals surface area (Å²) in [6.07, 6.45) is 5.25. The molecule has 2 aromatic heterocycles. The van der Waals surface area contributed by atoms with E-state index in [2.05, 4.69) is 16.0 Å². The molecule has 2 heterocycles. The van der Waals surface area contributed by atoms with Crippen LogP contribution in [0.25, 0.3) is 17.4 Å². The zero-order chi connectivity index (χ0) is 35.9. The van der Waals surface area contributed by atoms with Crippen LogP contribution in [0.4, 0.5) is 10.7 Å². The number of methoxy groups -OCH3 is 1. The Bertz CT molecular complexity index is 2080. The molecule has 0 fully saturated rings. The van der Waals surface area contributed by atoms with Gasteiger partial charge in [-0.2, -0.15) is 0 Å². The van der Waals surface area contributed by atoms with Crippen molar-refractivity contribution in [1.29, 1.82) is 0 Å². The fraction of sp³-hybridized carbons (Fsp3) is 0.200. The second-order valence-electron chi connectivity index (χ2n) is 12.1. The number of furan rings is 1. The Hall–Kier alpha value is -5.39. The maximum Gasteiger partial charge on any atom is 0.341 e. The van der Waals surface area contributed by atoms with Crippen LogP contribution in [0.5, 0.6) is 0 Å². The summed E-state index contributed by atoms with van der Waals surface area (Å²) in [5.41, 5.74) is 4.36. The number of thiophene rings is 1. The predicted molar refractivity (Wildman–Crippen MR) is 202 cm³/mol. The number of nitrogens with one attached hydrogen (secondary N) is 3. The standard InChI is InChI=1S/C40H37N3O6S2/c1-24-13-15-26(16-14-24)33-22-19-29(49-33)23-32(42-37(45)27-9-5-4-6-10-27)38(46)41-28-17-20-30(21-18-28)50-25(2)36(44)43-39-35(40(47)48-3)31-11-7-8-12-34(31)51-39/h4-6,9-10,13-23,25H,7-8,11-12H2,1-3H3,(H,41,46)(H,42,45)(H,43,44)/b32-23-/t25-/m0/s1. The Morgan fingerprint density at radius 1 is 0.882 bits per heavy atom. The molecular weight excluding hydrogens is 683 g/mol. The van der Waals surface area contributed by atoms with Gasteiger partial charge in [-0.25, -0.2) is 4.79 Å². The number of carbonyl (C=O) groups excluding carboxylic acids is 4. The minimum Gasteiger partial charge on any atom is -0.465 e. The number of fused-ring (bicyclic) bond motifs is 1. The molecule has 3 aromatic carbocycles. The van der Waals surface area contributed by atoms with Crippen molar-refractivity contribution in [1.82, 2.24) is 5.32 Å². The molecule has 9 nitrogen and oxygen atoms in total. The molecule has 3 N–H and O–H groups in total. The Morgan fingerprint density at radius 2 is 1.61 bits per heavy atom. The number of carbonyl (C=O) groups is 4. The van der Waals surface area contributed by atoms with Crippen molar-refractivity contribution in [3.8, 4) is 11.3 Å². The molecule has 0 saturated carbocycles. The molecule has 51 heavy (non-hydrogen) atoms. The Kier molecular flexibility index (Phi) is 11.2. The summed E-state index contributed by atoms with van der Waals surface area (Å²) in [4.78, 5) is 54.4. The molecule has 0 spiro atoms. The third kappa shape index (κ3) is 8.68. The van der Waals surface area contributed by atoms with Crippen LogP contribution in [-0.4, -0.2) is 36.1 Å². The molecule has 0 aliphatic heterocycles. The quantitative estimate of drug-likeness (QED) is 0.0710. The average molecular weight is 720 g/mol. The van der Waals surface area contributed by atoms with Crippen molar-refractivity contribution in [3.63, 3.8) is 0 Å². The molecule has 6 rings (SSSR count). The van der Waals surface area contributed by atoms with Gasteiger partial charge in [-0.15, -0.1) is 23.1 Å². The van der Waals surface area contributed by atoms with Crippen LogP contribution in [-0.2, 0) is 27.2 Å². The summed E-state index contributed by atoms with van der Waals surface area (Å²) in [6.45, 7) is 3.81. The van der Waals surface area contributed by atoms with Crippen LogP contribution in [0.3, 0.4) is 0 Å². The molecule has 1 aliphatic carbocycles. The van der Waals surface area contributed by atoms with Gasteiger partial charge in [-0.1, -0.05) is 48.0 Å². The molecule has 0 saturated heterocycles. The van der Waals surface area contributed by atoms with Gasteiger partial charge in [0.05, 0.1) is 17.9 Å². The number of hydrogen-bond acceptors (Lipinski definition) is 8. The van der Waals surface area contributed by atoms with Crippen LogP contribution < -0.4 is 16.0 Å². The van der Waals surface area contributed by atoms with Gasteiger partial charge < -0.3 is 25.1 Å². The van der Waals surface area contributed by atoms with Gasteiger partial charge in [0.25, 0.3) is 11.8 Å². The number of thioether (sulfide) groups is 1. The number of ether oxygens (including phenoxy) is 1. The Labute approximate surface area is 304 Å². The molecule has 0 radical (unpaired) electrons. The number of esters is 1. The van der Waals surface area contributed by atoms with E-state index in [1.165, 1.54) is 36.3 Å². The van der Waals surface area contributed by atoms with Gasteiger partial charge in [-0.05, 0) is 93.6 Å². The Balaban J connectivity index is 1.13. The van der Waals surface area contributed by atoms with Crippen molar-refractivity contribution in [2.24, 2.45) is 0 Å². The molecule has 260 valence electrons. The first-order chi connectivity index (χ1) is 24.7. The zero-order valence-electron chi connectivity index (χ0n) is 28.4. The van der Waals surface area contributed by atoms with Gasteiger partial charge in [0.15, 0.2) is 0 Å². The van der Waals surface area contributed by atoms with Crippen molar-refractivity contribution in [2.45, 2.75) is 49.7 Å². The topological polar surface area (TPSA) is 127 Å². The average Bonchev–Trinajstić information content (AvgIpc) is 3.76. The first-order valence-electron chi connectivity index (χ1n) is 16.5. The normalized spacial score (nSPS) is 13.1. The second kappa shape index (κ2) is 16.1. The highest BCUT2D eigenvalue weighted by Gasteiger charge is 2.28. The third-order valence-corrected chi connectivity index (χ3v) is 10.7. The van der Waals surface area contributed by atoms with Gasteiger partial charge >= 0.3 is 5.97 Å². The van der Waals surface area contributed by atoms with Gasteiger partial charge in [0.1, 0.15) is 22.2 Å². The highest BCUT2D eigenvalue weighted by atomic mass is 32.2. The maximum absolute atomic E-state index is 13.6. The predicted octanol–water partition coefficient (Wildman–Crippen LogP) is 8.51. The van der Waals surface area contributed by atoms with Gasteiger partial charge in [0, 0.05) is 32.7 Å². The minimum absolute atomic E-state index is 0.000940. The molecule has 0 bridgehead atoms. The molecule has 1 atom stereocenters. The lowest BCUT2D eigenvalue weighted by Crippen LogP contribution is -2.30. The minimum atomic E-state index is -0.541. The van der Waals surface area contributed by atoms with E-state index in [4.69, 9.17) is 9.15 Å². The smallest absolute Gasteiger partial charge is 0.341 e. The Morgan fingerprint density at radius 3 is 2.33 bits per heavy atom. The van der Waals surface area contributed by atoms with E-state index in [1.807, 2.05) is 43.3 Å². The molecule has 11 heteroatoms. The highest BCUT2D eigenvalue weighted by Crippen LogP contribution is 2.39. The van der Waals surface area contributed by atoms with E-state index in [0.717, 1.165) is 52.1 Å².